The topological polar surface area (TPSA) is 92.2 Å². The molecule has 0 spiro atoms. The zero-order chi connectivity index (χ0) is 13.9. The Labute approximate surface area is 115 Å². The van der Waals surface area contributed by atoms with Crippen LogP contribution in [0.1, 0.15) is 48.0 Å². The average molecular weight is 283 g/mol. The molecule has 1 fully saturated rings. The predicted molar refractivity (Wildman–Crippen MR) is 70.2 cm³/mol. The maximum atomic E-state index is 12.0. The van der Waals surface area contributed by atoms with E-state index in [4.69, 9.17) is 0 Å². The van der Waals surface area contributed by atoms with Gasteiger partial charge in [0.05, 0.1) is 11.1 Å². The van der Waals surface area contributed by atoms with E-state index in [2.05, 4.69) is 14.9 Å². The van der Waals surface area contributed by atoms with Gasteiger partial charge in [-0.2, -0.15) is 0 Å². The zero-order valence-electron chi connectivity index (χ0n) is 10.8. The van der Waals surface area contributed by atoms with E-state index in [0.29, 0.717) is 29.8 Å². The van der Waals surface area contributed by atoms with Crippen LogP contribution in [0, 0.1) is 5.41 Å². The summed E-state index contributed by atoms with van der Waals surface area (Å²) in [5.74, 6) is -1.08. The van der Waals surface area contributed by atoms with E-state index in [1.807, 2.05) is 6.92 Å². The van der Waals surface area contributed by atoms with Crippen molar-refractivity contribution in [2.45, 2.75) is 39.0 Å². The number of hydrogen-bond donors (Lipinski definition) is 2. The van der Waals surface area contributed by atoms with Crippen LogP contribution >= 0.6 is 11.5 Å². The fraction of sp³-hybridized carbons (Fsp3) is 0.667. The molecule has 0 aliphatic heterocycles. The smallest absolute Gasteiger partial charge is 0.311 e. The molecule has 2 N–H and O–H groups in total. The summed E-state index contributed by atoms with van der Waals surface area (Å²) in [6.45, 7) is 2.19. The molecule has 0 saturated heterocycles. The van der Waals surface area contributed by atoms with Gasteiger partial charge in [0, 0.05) is 6.54 Å². The van der Waals surface area contributed by atoms with Crippen LogP contribution in [0.5, 0.6) is 0 Å². The number of aryl methyl sites for hydroxylation is 1. The van der Waals surface area contributed by atoms with E-state index in [0.717, 1.165) is 24.4 Å². The molecular weight excluding hydrogens is 266 g/mol. The lowest BCUT2D eigenvalue weighted by Crippen LogP contribution is -2.47. The van der Waals surface area contributed by atoms with Gasteiger partial charge in [-0.15, -0.1) is 5.10 Å². The van der Waals surface area contributed by atoms with Crippen molar-refractivity contribution in [3.05, 3.63) is 10.6 Å². The number of aliphatic carboxylic acids is 1. The Bertz CT molecular complexity index is 482. The van der Waals surface area contributed by atoms with Gasteiger partial charge in [0.1, 0.15) is 4.88 Å². The summed E-state index contributed by atoms with van der Waals surface area (Å²) >= 11 is 1.06. The van der Waals surface area contributed by atoms with E-state index in [-0.39, 0.29) is 12.5 Å². The summed E-state index contributed by atoms with van der Waals surface area (Å²) in [7, 11) is 0. The summed E-state index contributed by atoms with van der Waals surface area (Å²) < 4.78 is 3.79. The summed E-state index contributed by atoms with van der Waals surface area (Å²) in [6, 6.07) is 0. The normalized spacial score (nSPS) is 16.7. The largest absolute Gasteiger partial charge is 0.481 e. The van der Waals surface area contributed by atoms with Crippen LogP contribution in [0.25, 0.3) is 0 Å². The van der Waals surface area contributed by atoms with Gasteiger partial charge in [-0.1, -0.05) is 24.3 Å². The zero-order valence-corrected chi connectivity index (χ0v) is 11.6. The molecule has 2 rings (SSSR count). The van der Waals surface area contributed by atoms with Crippen molar-refractivity contribution in [2.24, 2.45) is 5.41 Å². The van der Waals surface area contributed by atoms with Crippen LogP contribution in [-0.2, 0) is 11.2 Å². The van der Waals surface area contributed by atoms with Crippen molar-refractivity contribution in [1.29, 1.82) is 0 Å². The number of aromatic nitrogens is 2. The number of nitrogens with one attached hydrogen (secondary N) is 1. The molecule has 0 unspecified atom stereocenters. The molecule has 1 aromatic heterocycles. The van der Waals surface area contributed by atoms with Crippen LogP contribution in [-0.4, -0.2) is 33.1 Å². The molecule has 0 atom stereocenters. The van der Waals surface area contributed by atoms with Crippen molar-refractivity contribution >= 4 is 23.4 Å². The minimum Gasteiger partial charge on any atom is -0.481 e. The maximum Gasteiger partial charge on any atom is 0.311 e. The van der Waals surface area contributed by atoms with Crippen LogP contribution < -0.4 is 5.32 Å². The lowest BCUT2D eigenvalue weighted by molar-refractivity contribution is -0.153. The third-order valence-corrected chi connectivity index (χ3v) is 4.37. The Hall–Kier alpha value is -1.50. The summed E-state index contributed by atoms with van der Waals surface area (Å²) in [5, 5.41) is 15.8. The maximum absolute atomic E-state index is 12.0. The molecular formula is C12H17N3O3S. The molecule has 104 valence electrons. The van der Waals surface area contributed by atoms with E-state index < -0.39 is 11.4 Å². The van der Waals surface area contributed by atoms with E-state index in [9.17, 15) is 14.7 Å². The Kier molecular flexibility index (Phi) is 4.14. The molecule has 1 heterocycles. The van der Waals surface area contributed by atoms with Crippen LogP contribution in [0.15, 0.2) is 0 Å². The van der Waals surface area contributed by atoms with Crippen molar-refractivity contribution in [1.82, 2.24) is 14.9 Å². The molecule has 0 bridgehead atoms. The van der Waals surface area contributed by atoms with Gasteiger partial charge >= 0.3 is 5.97 Å². The molecule has 0 aromatic carbocycles. The number of carboxylic acids is 1. The van der Waals surface area contributed by atoms with Crippen LogP contribution in [0.4, 0.5) is 0 Å². The lowest BCUT2D eigenvalue weighted by atomic mass is 9.69. The van der Waals surface area contributed by atoms with E-state index >= 15 is 0 Å². The molecule has 6 nitrogen and oxygen atoms in total. The summed E-state index contributed by atoms with van der Waals surface area (Å²) in [5.41, 5.74) is -0.0680. The highest BCUT2D eigenvalue weighted by molar-refractivity contribution is 7.08. The van der Waals surface area contributed by atoms with Crippen molar-refractivity contribution in [3.63, 3.8) is 0 Å². The number of carboxylic acid groups (broad SMARTS) is 1. The van der Waals surface area contributed by atoms with E-state index in [1.54, 1.807) is 0 Å². The predicted octanol–water partition coefficient (Wildman–Crippen LogP) is 1.48. The van der Waals surface area contributed by atoms with Crippen LogP contribution in [0.3, 0.4) is 0 Å². The highest BCUT2D eigenvalue weighted by Gasteiger charge is 2.44. The van der Waals surface area contributed by atoms with Gasteiger partial charge in [0.15, 0.2) is 0 Å². The second-order valence-electron chi connectivity index (χ2n) is 4.92. The number of carbonyl (C=O) groups is 2. The average Bonchev–Trinajstić information content (AvgIpc) is 2.75. The fourth-order valence-corrected chi connectivity index (χ4v) is 2.81. The van der Waals surface area contributed by atoms with Crippen molar-refractivity contribution in [3.8, 4) is 0 Å². The lowest BCUT2D eigenvalue weighted by Gasteiger charge is -2.37. The summed E-state index contributed by atoms with van der Waals surface area (Å²) in [6.07, 6.45) is 3.77. The van der Waals surface area contributed by atoms with Gasteiger partial charge in [-0.05, 0) is 30.8 Å². The molecule has 1 aliphatic rings. The third kappa shape index (κ3) is 2.75. The van der Waals surface area contributed by atoms with Gasteiger partial charge < -0.3 is 10.4 Å². The highest BCUT2D eigenvalue weighted by Crippen LogP contribution is 2.40. The number of carbonyl (C=O) groups excluding carboxylic acids is 1. The molecule has 0 radical (unpaired) electrons. The third-order valence-electron chi connectivity index (χ3n) is 3.60. The van der Waals surface area contributed by atoms with Gasteiger partial charge in [-0.3, -0.25) is 9.59 Å². The fourth-order valence-electron chi connectivity index (χ4n) is 2.18. The first-order valence-electron chi connectivity index (χ1n) is 6.42. The first-order chi connectivity index (χ1) is 9.09. The Morgan fingerprint density at radius 1 is 1.47 bits per heavy atom. The summed E-state index contributed by atoms with van der Waals surface area (Å²) in [4.78, 5) is 23.7. The molecule has 7 heteroatoms. The molecule has 1 amide bonds. The van der Waals surface area contributed by atoms with Crippen molar-refractivity contribution < 1.29 is 14.7 Å². The molecule has 1 aliphatic carbocycles. The minimum absolute atomic E-state index is 0.185. The number of rotatable bonds is 6. The SMILES string of the molecule is CCCc1nnsc1C(=O)NCC1(C(=O)O)CCC1. The molecule has 1 aromatic rings. The van der Waals surface area contributed by atoms with Crippen molar-refractivity contribution in [2.75, 3.05) is 6.54 Å². The Balaban J connectivity index is 1.97. The van der Waals surface area contributed by atoms with Gasteiger partial charge in [0.25, 0.3) is 5.91 Å². The van der Waals surface area contributed by atoms with E-state index in [1.165, 1.54) is 0 Å². The molecule has 1 saturated carbocycles. The first kappa shape index (κ1) is 13.9. The number of hydrogen-bond acceptors (Lipinski definition) is 5. The number of nitrogens with zero attached hydrogens (tertiary/aromatic N) is 2. The monoisotopic (exact) mass is 283 g/mol. The van der Waals surface area contributed by atoms with Gasteiger partial charge in [0.2, 0.25) is 0 Å². The Morgan fingerprint density at radius 3 is 2.74 bits per heavy atom. The number of amides is 1. The standard InChI is InChI=1S/C12H17N3O3S/c1-2-4-8-9(19-15-14-8)10(16)13-7-12(11(17)18)5-3-6-12/h2-7H2,1H3,(H,13,16)(H,17,18). The minimum atomic E-state index is -0.824. The highest BCUT2D eigenvalue weighted by atomic mass is 32.1. The second-order valence-corrected chi connectivity index (χ2v) is 5.67. The molecule has 19 heavy (non-hydrogen) atoms. The van der Waals surface area contributed by atoms with Crippen LogP contribution in [0.2, 0.25) is 0 Å². The van der Waals surface area contributed by atoms with Gasteiger partial charge in [-0.25, -0.2) is 0 Å². The Morgan fingerprint density at radius 2 is 2.21 bits per heavy atom. The quantitative estimate of drug-likeness (QED) is 0.825. The first-order valence-corrected chi connectivity index (χ1v) is 7.19. The second kappa shape index (κ2) is 5.64.